The van der Waals surface area contributed by atoms with E-state index in [2.05, 4.69) is 18.2 Å². The molecule has 0 unspecified atom stereocenters. The molecule has 0 aromatic heterocycles. The molecule has 2 fully saturated rings. The highest BCUT2D eigenvalue weighted by Gasteiger charge is 2.45. The van der Waals surface area contributed by atoms with Gasteiger partial charge in [-0.25, -0.2) is 0 Å². The van der Waals surface area contributed by atoms with Gasteiger partial charge in [0, 0.05) is 24.3 Å². The number of nitrogens with zero attached hydrogens (tertiary/aromatic N) is 1. The van der Waals surface area contributed by atoms with Crippen LogP contribution in [0.15, 0.2) is 24.3 Å². The minimum atomic E-state index is 0.0854. The molecule has 1 saturated heterocycles. The molecule has 4 nitrogen and oxygen atoms in total. The van der Waals surface area contributed by atoms with Crippen LogP contribution >= 0.6 is 0 Å². The van der Waals surface area contributed by atoms with Crippen LogP contribution in [0, 0.1) is 0 Å². The summed E-state index contributed by atoms with van der Waals surface area (Å²) in [7, 11) is 0. The monoisotopic (exact) mass is 301 g/mol. The van der Waals surface area contributed by atoms with Crippen molar-refractivity contribution in [2.45, 2.75) is 43.6 Å². The number of amides is 1. The summed E-state index contributed by atoms with van der Waals surface area (Å²) in [5.74, 6) is 0.0862. The van der Waals surface area contributed by atoms with Gasteiger partial charge < -0.3 is 14.4 Å². The Morgan fingerprint density at radius 3 is 2.91 bits per heavy atom. The number of benzene rings is 1. The summed E-state index contributed by atoms with van der Waals surface area (Å²) in [6.07, 6.45) is 5.92. The van der Waals surface area contributed by atoms with Crippen molar-refractivity contribution in [1.29, 1.82) is 0 Å². The van der Waals surface area contributed by atoms with Gasteiger partial charge in [0.25, 0.3) is 5.91 Å². The molecule has 4 heteroatoms. The molecule has 1 aromatic carbocycles. The molecule has 0 N–H and O–H groups in total. The second kappa shape index (κ2) is 5.67. The Balaban J connectivity index is 1.51. The van der Waals surface area contributed by atoms with Gasteiger partial charge in [0.1, 0.15) is 6.61 Å². The molecule has 1 aromatic rings. The van der Waals surface area contributed by atoms with E-state index in [0.717, 1.165) is 25.3 Å². The average Bonchev–Trinajstić information content (AvgIpc) is 3.28. The standard InChI is InChI=1S/C18H23NO3/c20-17(12-22-14-7-10-21-11-14)19-13-18(8-3-4-9-18)15-5-1-2-6-16(15)19/h1-2,5-6,14H,3-4,7-13H2/t14-/m0/s1. The van der Waals surface area contributed by atoms with Crippen molar-refractivity contribution in [3.8, 4) is 0 Å². The van der Waals surface area contributed by atoms with Gasteiger partial charge in [-0.2, -0.15) is 0 Å². The van der Waals surface area contributed by atoms with Crippen molar-refractivity contribution in [3.63, 3.8) is 0 Å². The van der Waals surface area contributed by atoms with E-state index in [0.29, 0.717) is 6.61 Å². The normalized spacial score (nSPS) is 25.8. The first kappa shape index (κ1) is 14.2. The summed E-state index contributed by atoms with van der Waals surface area (Å²) in [4.78, 5) is 14.6. The highest BCUT2D eigenvalue weighted by atomic mass is 16.5. The Labute approximate surface area is 131 Å². The molecule has 3 aliphatic rings. The maximum atomic E-state index is 12.7. The Hall–Kier alpha value is -1.39. The molecule has 2 heterocycles. The second-order valence-electron chi connectivity index (χ2n) is 6.78. The molecule has 1 spiro atoms. The fourth-order valence-electron chi connectivity index (χ4n) is 4.24. The Morgan fingerprint density at radius 2 is 2.14 bits per heavy atom. The first-order valence-electron chi connectivity index (χ1n) is 8.38. The number of fused-ring (bicyclic) bond motifs is 2. The molecule has 2 aliphatic heterocycles. The zero-order chi connectivity index (χ0) is 15.0. The molecular formula is C18H23NO3. The number of ether oxygens (including phenoxy) is 2. The van der Waals surface area contributed by atoms with Crippen LogP contribution in [0.25, 0.3) is 0 Å². The van der Waals surface area contributed by atoms with Gasteiger partial charge in [0.2, 0.25) is 0 Å². The van der Waals surface area contributed by atoms with Crippen LogP contribution in [-0.4, -0.2) is 38.4 Å². The van der Waals surface area contributed by atoms with Gasteiger partial charge in [-0.3, -0.25) is 4.79 Å². The summed E-state index contributed by atoms with van der Waals surface area (Å²) in [5.41, 5.74) is 2.66. The van der Waals surface area contributed by atoms with Gasteiger partial charge in [0.05, 0.1) is 12.7 Å². The van der Waals surface area contributed by atoms with Crippen LogP contribution in [0.2, 0.25) is 0 Å². The zero-order valence-corrected chi connectivity index (χ0v) is 12.9. The lowest BCUT2D eigenvalue weighted by Crippen LogP contribution is -2.38. The molecule has 22 heavy (non-hydrogen) atoms. The molecule has 1 atom stereocenters. The summed E-state index contributed by atoms with van der Waals surface area (Å²) in [5, 5.41) is 0. The SMILES string of the molecule is O=C(CO[C@H]1CCOC1)N1CC2(CCCC2)c2ccccc21. The van der Waals surface area contributed by atoms with Crippen molar-refractivity contribution < 1.29 is 14.3 Å². The van der Waals surface area contributed by atoms with Gasteiger partial charge in [-0.15, -0.1) is 0 Å². The van der Waals surface area contributed by atoms with Crippen LogP contribution in [0.4, 0.5) is 5.69 Å². The number of rotatable bonds is 3. The summed E-state index contributed by atoms with van der Waals surface area (Å²) < 4.78 is 11.0. The zero-order valence-electron chi connectivity index (χ0n) is 12.9. The van der Waals surface area contributed by atoms with Gasteiger partial charge in [-0.05, 0) is 30.9 Å². The number of carbonyl (C=O) groups excluding carboxylic acids is 1. The van der Waals surface area contributed by atoms with Crippen molar-refractivity contribution in [2.75, 3.05) is 31.3 Å². The van der Waals surface area contributed by atoms with E-state index in [9.17, 15) is 4.79 Å². The molecule has 118 valence electrons. The van der Waals surface area contributed by atoms with E-state index in [1.807, 2.05) is 11.0 Å². The highest BCUT2D eigenvalue weighted by molar-refractivity contribution is 5.97. The van der Waals surface area contributed by atoms with Gasteiger partial charge in [-0.1, -0.05) is 31.0 Å². The summed E-state index contributed by atoms with van der Waals surface area (Å²) in [6, 6.07) is 8.41. The summed E-state index contributed by atoms with van der Waals surface area (Å²) >= 11 is 0. The second-order valence-corrected chi connectivity index (χ2v) is 6.78. The third-order valence-corrected chi connectivity index (χ3v) is 5.42. The van der Waals surface area contributed by atoms with E-state index in [1.165, 1.54) is 31.2 Å². The largest absolute Gasteiger partial charge is 0.379 e. The molecule has 1 amide bonds. The molecule has 0 bridgehead atoms. The van der Waals surface area contributed by atoms with Crippen molar-refractivity contribution >= 4 is 11.6 Å². The molecule has 0 radical (unpaired) electrons. The minimum Gasteiger partial charge on any atom is -0.379 e. The number of carbonyl (C=O) groups is 1. The van der Waals surface area contributed by atoms with E-state index in [1.54, 1.807) is 0 Å². The Bertz CT molecular complexity index is 559. The van der Waals surface area contributed by atoms with E-state index in [4.69, 9.17) is 9.47 Å². The topological polar surface area (TPSA) is 38.8 Å². The van der Waals surface area contributed by atoms with Crippen molar-refractivity contribution in [1.82, 2.24) is 0 Å². The first-order valence-corrected chi connectivity index (χ1v) is 8.38. The van der Waals surface area contributed by atoms with Crippen LogP contribution in [-0.2, 0) is 19.7 Å². The lowest BCUT2D eigenvalue weighted by molar-refractivity contribution is -0.125. The van der Waals surface area contributed by atoms with Crippen LogP contribution < -0.4 is 4.90 Å². The van der Waals surface area contributed by atoms with E-state index in [-0.39, 0.29) is 24.0 Å². The smallest absolute Gasteiger partial charge is 0.253 e. The maximum absolute atomic E-state index is 12.7. The fourth-order valence-corrected chi connectivity index (χ4v) is 4.24. The highest BCUT2D eigenvalue weighted by Crippen LogP contribution is 2.50. The van der Waals surface area contributed by atoms with Crippen LogP contribution in [0.1, 0.15) is 37.7 Å². The molecule has 1 aliphatic carbocycles. The summed E-state index contributed by atoms with van der Waals surface area (Å²) in [6.45, 7) is 2.36. The first-order chi connectivity index (χ1) is 10.8. The maximum Gasteiger partial charge on any atom is 0.253 e. The average molecular weight is 301 g/mol. The van der Waals surface area contributed by atoms with Crippen LogP contribution in [0.5, 0.6) is 0 Å². The predicted octanol–water partition coefficient (Wildman–Crippen LogP) is 2.65. The third-order valence-electron chi connectivity index (χ3n) is 5.42. The minimum absolute atomic E-state index is 0.0854. The quantitative estimate of drug-likeness (QED) is 0.861. The Kier molecular flexibility index (Phi) is 3.66. The number of anilines is 1. The van der Waals surface area contributed by atoms with Crippen molar-refractivity contribution in [2.24, 2.45) is 0 Å². The molecule has 1 saturated carbocycles. The lowest BCUT2D eigenvalue weighted by Gasteiger charge is -2.25. The number of para-hydroxylation sites is 1. The van der Waals surface area contributed by atoms with Crippen LogP contribution in [0.3, 0.4) is 0 Å². The van der Waals surface area contributed by atoms with Gasteiger partial charge in [0.15, 0.2) is 0 Å². The van der Waals surface area contributed by atoms with E-state index < -0.39 is 0 Å². The number of hydrogen-bond donors (Lipinski definition) is 0. The lowest BCUT2D eigenvalue weighted by atomic mass is 9.81. The Morgan fingerprint density at radius 1 is 1.32 bits per heavy atom. The molecular weight excluding hydrogens is 278 g/mol. The van der Waals surface area contributed by atoms with E-state index >= 15 is 0 Å². The third kappa shape index (κ3) is 2.34. The molecule has 4 rings (SSSR count). The van der Waals surface area contributed by atoms with Crippen molar-refractivity contribution in [3.05, 3.63) is 29.8 Å². The number of hydrogen-bond acceptors (Lipinski definition) is 3. The van der Waals surface area contributed by atoms with Gasteiger partial charge >= 0.3 is 0 Å². The predicted molar refractivity (Wildman–Crippen MR) is 84.1 cm³/mol. The fraction of sp³-hybridized carbons (Fsp3) is 0.611.